The quantitative estimate of drug-likeness (QED) is 0.914. The van der Waals surface area contributed by atoms with E-state index in [9.17, 15) is 4.79 Å². The number of carbonyl (C=O) groups is 1. The number of nitrogens with one attached hydrogen (secondary N) is 1. The zero-order chi connectivity index (χ0) is 17.2. The van der Waals surface area contributed by atoms with Crippen molar-refractivity contribution in [3.8, 4) is 0 Å². The molecule has 3 fully saturated rings. The molecule has 1 aromatic carbocycles. The first-order valence-electron chi connectivity index (χ1n) is 9.99. The van der Waals surface area contributed by atoms with Crippen LogP contribution >= 0.6 is 0 Å². The van der Waals surface area contributed by atoms with E-state index in [0.717, 1.165) is 32.6 Å². The standard InChI is InChI=1S/C21H31N3O/c1-16-14-23(15-17-5-3-2-4-6-17)9-10-24(16)21(25)13-18-11-19-7-8-20(12-18)22-19/h2-6,16,18-20,22H,7-15H2,1H3/t16-,18?,19?,20?/m1/s1. The van der Waals surface area contributed by atoms with Crippen molar-refractivity contribution in [1.29, 1.82) is 0 Å². The Balaban J connectivity index is 1.28. The summed E-state index contributed by atoms with van der Waals surface area (Å²) in [7, 11) is 0. The fourth-order valence-corrected chi connectivity index (χ4v) is 5.09. The summed E-state index contributed by atoms with van der Waals surface area (Å²) in [6.45, 7) is 6.05. The molecule has 4 nitrogen and oxygen atoms in total. The third-order valence-corrected chi connectivity index (χ3v) is 6.31. The minimum atomic E-state index is 0.323. The van der Waals surface area contributed by atoms with Gasteiger partial charge in [-0.05, 0) is 44.1 Å². The minimum absolute atomic E-state index is 0.323. The second-order valence-corrected chi connectivity index (χ2v) is 8.34. The highest BCUT2D eigenvalue weighted by Crippen LogP contribution is 2.33. The van der Waals surface area contributed by atoms with Crippen molar-refractivity contribution in [2.45, 2.75) is 63.7 Å². The Morgan fingerprint density at radius 3 is 2.52 bits per heavy atom. The number of amides is 1. The lowest BCUT2D eigenvalue weighted by Gasteiger charge is -2.41. The summed E-state index contributed by atoms with van der Waals surface area (Å²) in [6, 6.07) is 12.3. The van der Waals surface area contributed by atoms with E-state index in [2.05, 4.69) is 52.4 Å². The maximum Gasteiger partial charge on any atom is 0.223 e. The molecule has 4 heteroatoms. The first-order valence-corrected chi connectivity index (χ1v) is 9.99. The van der Waals surface area contributed by atoms with Crippen molar-refractivity contribution in [2.24, 2.45) is 5.92 Å². The van der Waals surface area contributed by atoms with E-state index >= 15 is 0 Å². The summed E-state index contributed by atoms with van der Waals surface area (Å²) in [4.78, 5) is 17.5. The number of nitrogens with zero attached hydrogens (tertiary/aromatic N) is 2. The van der Waals surface area contributed by atoms with Crippen LogP contribution in [0.3, 0.4) is 0 Å². The number of piperazine rings is 1. The Hall–Kier alpha value is -1.39. The SMILES string of the molecule is C[C@@H]1CN(Cc2ccccc2)CCN1C(=O)CC1CC2CCC(C1)N2. The highest BCUT2D eigenvalue weighted by molar-refractivity contribution is 5.77. The fourth-order valence-electron chi connectivity index (χ4n) is 5.09. The van der Waals surface area contributed by atoms with Crippen LogP contribution in [0.25, 0.3) is 0 Å². The van der Waals surface area contributed by atoms with Gasteiger partial charge >= 0.3 is 0 Å². The maximum atomic E-state index is 12.9. The molecule has 1 aromatic rings. The number of carbonyl (C=O) groups excluding carboxylic acids is 1. The number of fused-ring (bicyclic) bond motifs is 2. The average molecular weight is 341 g/mol. The summed E-state index contributed by atoms with van der Waals surface area (Å²) in [5.41, 5.74) is 1.36. The average Bonchev–Trinajstić information content (AvgIpc) is 2.94. The molecule has 3 atom stereocenters. The van der Waals surface area contributed by atoms with Crippen molar-refractivity contribution in [2.75, 3.05) is 19.6 Å². The Morgan fingerprint density at radius 2 is 1.84 bits per heavy atom. The van der Waals surface area contributed by atoms with Gasteiger partial charge in [0.1, 0.15) is 0 Å². The minimum Gasteiger partial charge on any atom is -0.337 e. The summed E-state index contributed by atoms with van der Waals surface area (Å²) in [5, 5.41) is 3.68. The largest absolute Gasteiger partial charge is 0.337 e. The zero-order valence-corrected chi connectivity index (χ0v) is 15.4. The van der Waals surface area contributed by atoms with Gasteiger partial charge in [0.2, 0.25) is 5.91 Å². The van der Waals surface area contributed by atoms with E-state index in [0.29, 0.717) is 30.0 Å². The summed E-state index contributed by atoms with van der Waals surface area (Å²) < 4.78 is 0. The summed E-state index contributed by atoms with van der Waals surface area (Å²) >= 11 is 0. The Bertz CT molecular complexity index is 578. The molecular formula is C21H31N3O. The molecule has 2 unspecified atom stereocenters. The lowest BCUT2D eigenvalue weighted by Crippen LogP contribution is -2.54. The molecule has 0 aromatic heterocycles. The van der Waals surface area contributed by atoms with E-state index in [1.54, 1.807) is 0 Å². The van der Waals surface area contributed by atoms with Crippen LogP contribution < -0.4 is 5.32 Å². The van der Waals surface area contributed by atoms with Gasteiger partial charge in [-0.25, -0.2) is 0 Å². The second-order valence-electron chi connectivity index (χ2n) is 8.34. The van der Waals surface area contributed by atoms with Crippen LogP contribution in [-0.4, -0.2) is 53.5 Å². The third kappa shape index (κ3) is 4.06. The van der Waals surface area contributed by atoms with Crippen LogP contribution in [0.2, 0.25) is 0 Å². The van der Waals surface area contributed by atoms with Gasteiger partial charge in [-0.15, -0.1) is 0 Å². The molecule has 0 radical (unpaired) electrons. The van der Waals surface area contributed by atoms with Crippen molar-refractivity contribution in [3.05, 3.63) is 35.9 Å². The predicted octanol–water partition coefficient (Wildman–Crippen LogP) is 2.64. The van der Waals surface area contributed by atoms with E-state index < -0.39 is 0 Å². The van der Waals surface area contributed by atoms with Gasteiger partial charge in [0.25, 0.3) is 0 Å². The molecule has 4 rings (SSSR count). The normalized spacial score (nSPS) is 32.8. The van der Waals surface area contributed by atoms with Gasteiger partial charge < -0.3 is 10.2 Å². The number of piperidine rings is 1. The molecule has 3 aliphatic heterocycles. The molecule has 0 saturated carbocycles. The van der Waals surface area contributed by atoms with Crippen LogP contribution in [0.1, 0.15) is 44.6 Å². The Morgan fingerprint density at radius 1 is 1.12 bits per heavy atom. The molecule has 2 bridgehead atoms. The molecule has 1 N–H and O–H groups in total. The van der Waals surface area contributed by atoms with Crippen molar-refractivity contribution >= 4 is 5.91 Å². The molecule has 0 spiro atoms. The first-order chi connectivity index (χ1) is 12.2. The first kappa shape index (κ1) is 17.0. The highest BCUT2D eigenvalue weighted by Gasteiger charge is 2.36. The van der Waals surface area contributed by atoms with Gasteiger partial charge in [0, 0.05) is 50.7 Å². The van der Waals surface area contributed by atoms with Crippen molar-refractivity contribution in [1.82, 2.24) is 15.1 Å². The molecule has 3 heterocycles. The zero-order valence-electron chi connectivity index (χ0n) is 15.4. The smallest absolute Gasteiger partial charge is 0.223 e. The number of rotatable bonds is 4. The van der Waals surface area contributed by atoms with E-state index in [1.165, 1.54) is 31.2 Å². The Kier molecular flexibility index (Phi) is 5.09. The van der Waals surface area contributed by atoms with Crippen LogP contribution in [0.15, 0.2) is 30.3 Å². The van der Waals surface area contributed by atoms with E-state index in [4.69, 9.17) is 0 Å². The van der Waals surface area contributed by atoms with Crippen molar-refractivity contribution in [3.63, 3.8) is 0 Å². The highest BCUT2D eigenvalue weighted by atomic mass is 16.2. The third-order valence-electron chi connectivity index (χ3n) is 6.31. The molecule has 136 valence electrons. The molecule has 25 heavy (non-hydrogen) atoms. The number of hydrogen-bond donors (Lipinski definition) is 1. The molecule has 3 saturated heterocycles. The van der Waals surface area contributed by atoms with E-state index in [-0.39, 0.29) is 0 Å². The van der Waals surface area contributed by atoms with Gasteiger partial charge in [0.15, 0.2) is 0 Å². The maximum absolute atomic E-state index is 12.9. The lowest BCUT2D eigenvalue weighted by molar-refractivity contribution is -0.137. The van der Waals surface area contributed by atoms with Gasteiger partial charge in [0.05, 0.1) is 0 Å². The van der Waals surface area contributed by atoms with Gasteiger partial charge in [-0.2, -0.15) is 0 Å². The second kappa shape index (κ2) is 7.46. The van der Waals surface area contributed by atoms with Crippen LogP contribution in [0.5, 0.6) is 0 Å². The molecule has 1 amide bonds. The lowest BCUT2D eigenvalue weighted by atomic mass is 9.89. The number of benzene rings is 1. The van der Waals surface area contributed by atoms with Crippen molar-refractivity contribution < 1.29 is 4.79 Å². The van der Waals surface area contributed by atoms with E-state index in [1.807, 2.05) is 0 Å². The summed E-state index contributed by atoms with van der Waals surface area (Å²) in [5.74, 6) is 0.985. The summed E-state index contributed by atoms with van der Waals surface area (Å²) in [6.07, 6.45) is 5.78. The fraction of sp³-hybridized carbons (Fsp3) is 0.667. The predicted molar refractivity (Wildman–Crippen MR) is 100 cm³/mol. The molecule has 0 aliphatic carbocycles. The van der Waals surface area contributed by atoms with Gasteiger partial charge in [-0.3, -0.25) is 9.69 Å². The van der Waals surface area contributed by atoms with Crippen LogP contribution in [0.4, 0.5) is 0 Å². The van der Waals surface area contributed by atoms with Crippen LogP contribution in [0, 0.1) is 5.92 Å². The van der Waals surface area contributed by atoms with Crippen LogP contribution in [-0.2, 0) is 11.3 Å². The van der Waals surface area contributed by atoms with Gasteiger partial charge in [-0.1, -0.05) is 30.3 Å². The molecular weight excluding hydrogens is 310 g/mol. The Labute approximate surface area is 151 Å². The monoisotopic (exact) mass is 341 g/mol. The molecule has 3 aliphatic rings. The topological polar surface area (TPSA) is 35.6 Å². The number of hydrogen-bond acceptors (Lipinski definition) is 3.